The van der Waals surface area contributed by atoms with Crippen LogP contribution in [0.5, 0.6) is 0 Å². The maximum atomic E-state index is 9.37. The van der Waals surface area contributed by atoms with E-state index in [-0.39, 0.29) is 23.7 Å². The average molecular weight is 274 g/mol. The Hall–Kier alpha value is -0.860. The number of aryl methyl sites for hydroxylation is 1. The summed E-state index contributed by atoms with van der Waals surface area (Å²) in [4.78, 5) is 0. The Bertz CT molecular complexity index is 547. The summed E-state index contributed by atoms with van der Waals surface area (Å²) in [5.74, 6) is 0.502. The van der Waals surface area contributed by atoms with Crippen LogP contribution in [0.4, 0.5) is 0 Å². The van der Waals surface area contributed by atoms with Gasteiger partial charge in [0.05, 0.1) is 12.2 Å². The normalized spacial score (nSPS) is 34.7. The second kappa shape index (κ2) is 4.32. The molecular weight excluding hydrogens is 248 g/mol. The van der Waals surface area contributed by atoms with Crippen LogP contribution in [0, 0.1) is 19.8 Å². The molecule has 1 unspecified atom stereocenters. The number of hydrogen-bond acceptors (Lipinski definition) is 2. The van der Waals surface area contributed by atoms with Crippen LogP contribution in [0.25, 0.3) is 0 Å². The largest absolute Gasteiger partial charge is 0.394 e. The molecule has 2 nitrogen and oxygen atoms in total. The van der Waals surface area contributed by atoms with Gasteiger partial charge in [-0.1, -0.05) is 26.0 Å². The monoisotopic (exact) mass is 274 g/mol. The second-order valence-corrected chi connectivity index (χ2v) is 7.50. The van der Waals surface area contributed by atoms with Crippen LogP contribution in [-0.2, 0) is 16.6 Å². The molecular formula is C18H26O2. The first kappa shape index (κ1) is 14.1. The SMILES string of the molecule is Cc1ccc2c(c1C)CC([C@@]1(C)O[C@@H]1CO)CC2(C)C. The molecule has 0 radical (unpaired) electrons. The number of benzene rings is 1. The molecule has 1 aliphatic heterocycles. The maximum Gasteiger partial charge on any atom is 0.110 e. The number of aliphatic hydroxyl groups excluding tert-OH is 1. The minimum absolute atomic E-state index is 0.0370. The molecule has 1 saturated heterocycles. The van der Waals surface area contributed by atoms with Crippen molar-refractivity contribution in [3.05, 3.63) is 34.4 Å². The van der Waals surface area contributed by atoms with E-state index < -0.39 is 0 Å². The summed E-state index contributed by atoms with van der Waals surface area (Å²) < 4.78 is 5.82. The van der Waals surface area contributed by atoms with E-state index >= 15 is 0 Å². The molecule has 0 saturated carbocycles. The highest BCUT2D eigenvalue weighted by Gasteiger charge is 2.58. The van der Waals surface area contributed by atoms with E-state index in [2.05, 4.69) is 46.8 Å². The molecule has 20 heavy (non-hydrogen) atoms. The molecule has 1 N–H and O–H groups in total. The van der Waals surface area contributed by atoms with Gasteiger partial charge in [-0.25, -0.2) is 0 Å². The summed E-state index contributed by atoms with van der Waals surface area (Å²) in [5.41, 5.74) is 5.89. The minimum atomic E-state index is -0.125. The Labute approximate surface area is 122 Å². The highest BCUT2D eigenvalue weighted by atomic mass is 16.6. The summed E-state index contributed by atoms with van der Waals surface area (Å²) in [7, 11) is 0. The topological polar surface area (TPSA) is 32.8 Å². The number of epoxide rings is 1. The second-order valence-electron chi connectivity index (χ2n) is 7.50. The lowest BCUT2D eigenvalue weighted by Gasteiger charge is -2.40. The standard InChI is InChI=1S/C18H26O2/c1-11-6-7-15-14(12(11)2)8-13(9-17(15,3)4)18(5)16(10-19)20-18/h6-7,13,16,19H,8-10H2,1-5H3/t13?,16-,18-/m1/s1. The molecule has 110 valence electrons. The van der Waals surface area contributed by atoms with E-state index in [1.807, 2.05) is 0 Å². The van der Waals surface area contributed by atoms with Crippen LogP contribution in [-0.4, -0.2) is 23.4 Å². The highest BCUT2D eigenvalue weighted by molar-refractivity contribution is 5.45. The molecule has 1 aromatic rings. The molecule has 3 atom stereocenters. The van der Waals surface area contributed by atoms with Gasteiger partial charge in [-0.15, -0.1) is 0 Å². The van der Waals surface area contributed by atoms with Gasteiger partial charge in [0.1, 0.15) is 6.10 Å². The minimum Gasteiger partial charge on any atom is -0.394 e. The molecule has 0 bridgehead atoms. The van der Waals surface area contributed by atoms with Crippen molar-refractivity contribution in [3.63, 3.8) is 0 Å². The lowest BCUT2D eigenvalue weighted by atomic mass is 9.64. The first-order valence-electron chi connectivity index (χ1n) is 7.68. The van der Waals surface area contributed by atoms with Gasteiger partial charge in [-0.3, -0.25) is 0 Å². The van der Waals surface area contributed by atoms with Crippen LogP contribution in [0.1, 0.15) is 49.4 Å². The molecule has 0 spiro atoms. The van der Waals surface area contributed by atoms with E-state index in [9.17, 15) is 5.11 Å². The average Bonchev–Trinajstić information content (AvgIpc) is 3.06. The lowest BCUT2D eigenvalue weighted by molar-refractivity contribution is 0.181. The van der Waals surface area contributed by atoms with Crippen molar-refractivity contribution in [2.24, 2.45) is 5.92 Å². The predicted molar refractivity (Wildman–Crippen MR) is 81.1 cm³/mol. The van der Waals surface area contributed by atoms with Crippen LogP contribution < -0.4 is 0 Å². The third-order valence-corrected chi connectivity index (χ3v) is 5.76. The van der Waals surface area contributed by atoms with E-state index in [0.29, 0.717) is 5.92 Å². The van der Waals surface area contributed by atoms with Crippen molar-refractivity contribution < 1.29 is 9.84 Å². The summed E-state index contributed by atoms with van der Waals surface area (Å²) >= 11 is 0. The number of rotatable bonds is 2. The van der Waals surface area contributed by atoms with Crippen molar-refractivity contribution in [2.45, 2.75) is 64.6 Å². The first-order valence-corrected chi connectivity index (χ1v) is 7.68. The zero-order chi connectivity index (χ0) is 14.7. The predicted octanol–water partition coefficient (Wildman–Crippen LogP) is 3.29. The van der Waals surface area contributed by atoms with Crippen LogP contribution in [0.2, 0.25) is 0 Å². The third-order valence-electron chi connectivity index (χ3n) is 5.76. The summed E-state index contributed by atoms with van der Waals surface area (Å²) in [6.45, 7) is 11.4. The van der Waals surface area contributed by atoms with Gasteiger partial charge < -0.3 is 9.84 Å². The van der Waals surface area contributed by atoms with Crippen LogP contribution in [0.3, 0.4) is 0 Å². The molecule has 0 amide bonds. The molecule has 1 fully saturated rings. The molecule has 1 aliphatic carbocycles. The fraction of sp³-hybridized carbons (Fsp3) is 0.667. The van der Waals surface area contributed by atoms with E-state index in [4.69, 9.17) is 4.74 Å². The van der Waals surface area contributed by atoms with Crippen molar-refractivity contribution in [1.29, 1.82) is 0 Å². The van der Waals surface area contributed by atoms with E-state index in [1.54, 1.807) is 0 Å². The Morgan fingerprint density at radius 3 is 2.55 bits per heavy atom. The van der Waals surface area contributed by atoms with E-state index in [0.717, 1.165) is 12.8 Å². The van der Waals surface area contributed by atoms with Crippen LogP contribution >= 0.6 is 0 Å². The van der Waals surface area contributed by atoms with Crippen LogP contribution in [0.15, 0.2) is 12.1 Å². The van der Waals surface area contributed by atoms with Gasteiger partial charge in [0.2, 0.25) is 0 Å². The molecule has 0 aromatic heterocycles. The van der Waals surface area contributed by atoms with Gasteiger partial charge in [0.25, 0.3) is 0 Å². The lowest BCUT2D eigenvalue weighted by Crippen LogP contribution is -2.38. The number of fused-ring (bicyclic) bond motifs is 1. The molecule has 2 aliphatic rings. The molecule has 1 heterocycles. The van der Waals surface area contributed by atoms with Crippen molar-refractivity contribution in [1.82, 2.24) is 0 Å². The van der Waals surface area contributed by atoms with Gasteiger partial charge in [0.15, 0.2) is 0 Å². The Kier molecular flexibility index (Phi) is 3.04. The number of ether oxygens (including phenoxy) is 1. The number of aliphatic hydroxyl groups is 1. The summed E-state index contributed by atoms with van der Waals surface area (Å²) in [5, 5.41) is 9.37. The van der Waals surface area contributed by atoms with Crippen molar-refractivity contribution in [3.8, 4) is 0 Å². The number of hydrogen-bond donors (Lipinski definition) is 1. The fourth-order valence-corrected chi connectivity index (χ4v) is 4.07. The van der Waals surface area contributed by atoms with Gasteiger partial charge in [-0.2, -0.15) is 0 Å². The van der Waals surface area contributed by atoms with E-state index in [1.165, 1.54) is 22.3 Å². The Morgan fingerprint density at radius 1 is 1.25 bits per heavy atom. The molecule has 3 rings (SSSR count). The van der Waals surface area contributed by atoms with Gasteiger partial charge >= 0.3 is 0 Å². The Morgan fingerprint density at radius 2 is 1.95 bits per heavy atom. The summed E-state index contributed by atoms with van der Waals surface area (Å²) in [6.07, 6.45) is 2.25. The molecule has 1 aromatic carbocycles. The third kappa shape index (κ3) is 1.93. The fourth-order valence-electron chi connectivity index (χ4n) is 4.07. The highest BCUT2D eigenvalue weighted by Crippen LogP contribution is 2.52. The molecule has 2 heteroatoms. The van der Waals surface area contributed by atoms with Crippen molar-refractivity contribution in [2.75, 3.05) is 6.61 Å². The zero-order valence-electron chi connectivity index (χ0n) is 13.3. The van der Waals surface area contributed by atoms with Gasteiger partial charge in [-0.05, 0) is 67.2 Å². The smallest absolute Gasteiger partial charge is 0.110 e. The maximum absolute atomic E-state index is 9.37. The van der Waals surface area contributed by atoms with Gasteiger partial charge in [0, 0.05) is 0 Å². The Balaban J connectivity index is 2.01. The van der Waals surface area contributed by atoms with Crippen molar-refractivity contribution >= 4 is 0 Å². The summed E-state index contributed by atoms with van der Waals surface area (Å²) in [6, 6.07) is 4.57. The quantitative estimate of drug-likeness (QED) is 0.839. The first-order chi connectivity index (χ1) is 9.29. The zero-order valence-corrected chi connectivity index (χ0v) is 13.3.